The third-order valence-corrected chi connectivity index (χ3v) is 4.12. The average Bonchev–Trinajstić information content (AvgIpc) is 3.01. The van der Waals surface area contributed by atoms with Gasteiger partial charge in [-0.25, -0.2) is 0 Å². The summed E-state index contributed by atoms with van der Waals surface area (Å²) in [7, 11) is 0. The van der Waals surface area contributed by atoms with Crippen molar-refractivity contribution in [3.63, 3.8) is 0 Å². The molecule has 1 N–H and O–H groups in total. The van der Waals surface area contributed by atoms with Crippen molar-refractivity contribution in [2.24, 2.45) is 0 Å². The maximum Gasteiger partial charge on any atom is 0.250 e. The van der Waals surface area contributed by atoms with Gasteiger partial charge in [0.15, 0.2) is 0 Å². The third kappa shape index (κ3) is 4.32. The molecule has 0 aromatic carbocycles. The summed E-state index contributed by atoms with van der Waals surface area (Å²) in [5.41, 5.74) is 0.473. The van der Waals surface area contributed by atoms with Crippen molar-refractivity contribution in [3.8, 4) is 0 Å². The van der Waals surface area contributed by atoms with Crippen LogP contribution in [-0.4, -0.2) is 24.0 Å². The van der Waals surface area contributed by atoms with Crippen LogP contribution < -0.4 is 5.32 Å². The van der Waals surface area contributed by atoms with E-state index in [1.807, 2.05) is 6.92 Å². The Labute approximate surface area is 121 Å². The molecule has 0 radical (unpaired) electrons. The minimum Gasteiger partial charge on any atom is -0.330 e. The Kier molecular flexibility index (Phi) is 5.22. The van der Waals surface area contributed by atoms with Crippen molar-refractivity contribution >= 4 is 5.91 Å². The Balaban J connectivity index is 1.99. The fourth-order valence-corrected chi connectivity index (χ4v) is 3.05. The van der Waals surface area contributed by atoms with Crippen molar-refractivity contribution in [3.05, 3.63) is 12.2 Å². The van der Waals surface area contributed by atoms with Crippen molar-refractivity contribution < 1.29 is 14.3 Å². The molecule has 2 saturated carbocycles. The van der Waals surface area contributed by atoms with Crippen LogP contribution in [0.15, 0.2) is 12.2 Å². The van der Waals surface area contributed by atoms with Crippen LogP contribution in [0.1, 0.15) is 65.2 Å². The lowest BCUT2D eigenvalue weighted by molar-refractivity contribution is -0.279. The highest BCUT2D eigenvalue weighted by molar-refractivity contribution is 5.92. The summed E-state index contributed by atoms with van der Waals surface area (Å²) in [5, 5.41) is 2.86. The summed E-state index contributed by atoms with van der Waals surface area (Å²) >= 11 is 0. The minimum atomic E-state index is -1.03. The number of hydrogen-bond donors (Lipinski definition) is 1. The SMILES string of the molecule is C=C(C)C(=O)NC(C)(OC1CCCC1)OC1CCCC1. The van der Waals surface area contributed by atoms with Gasteiger partial charge in [0.1, 0.15) is 0 Å². The molecule has 0 aromatic heterocycles. The van der Waals surface area contributed by atoms with E-state index in [2.05, 4.69) is 11.9 Å². The van der Waals surface area contributed by atoms with Crippen molar-refractivity contribution in [2.75, 3.05) is 0 Å². The van der Waals surface area contributed by atoms with Crippen LogP contribution in [0, 0.1) is 0 Å². The fraction of sp³-hybridized carbons (Fsp3) is 0.812. The molecule has 2 aliphatic rings. The predicted octanol–water partition coefficient (Wildman–Crippen LogP) is 3.27. The van der Waals surface area contributed by atoms with Crippen LogP contribution in [0.4, 0.5) is 0 Å². The number of rotatable bonds is 6. The standard InChI is InChI=1S/C16H27NO3/c1-12(2)15(18)17-16(3,19-13-8-4-5-9-13)20-14-10-6-7-11-14/h13-14H,1,4-11H2,2-3H3,(H,17,18). The lowest BCUT2D eigenvalue weighted by Gasteiger charge is -2.35. The first-order valence-electron chi connectivity index (χ1n) is 7.82. The molecule has 0 unspecified atom stereocenters. The number of carbonyl (C=O) groups excluding carboxylic acids is 1. The normalized spacial score (nSPS) is 21.3. The highest BCUT2D eigenvalue weighted by atomic mass is 16.7. The second kappa shape index (κ2) is 6.72. The zero-order chi connectivity index (χ0) is 14.6. The molecule has 114 valence electrons. The van der Waals surface area contributed by atoms with Gasteiger partial charge in [-0.15, -0.1) is 0 Å². The molecule has 2 fully saturated rings. The zero-order valence-electron chi connectivity index (χ0n) is 12.7. The van der Waals surface area contributed by atoms with Gasteiger partial charge in [0, 0.05) is 12.5 Å². The van der Waals surface area contributed by atoms with Crippen LogP contribution in [0.2, 0.25) is 0 Å². The Bertz CT molecular complexity index is 337. The summed E-state index contributed by atoms with van der Waals surface area (Å²) in [5.74, 6) is -1.23. The number of amides is 1. The molecule has 0 bridgehead atoms. The first-order chi connectivity index (χ1) is 9.48. The average molecular weight is 281 g/mol. The molecule has 0 heterocycles. The molecule has 0 atom stereocenters. The number of hydrogen-bond acceptors (Lipinski definition) is 3. The largest absolute Gasteiger partial charge is 0.330 e. The monoisotopic (exact) mass is 281 g/mol. The number of nitrogens with one attached hydrogen (secondary N) is 1. The Morgan fingerprint density at radius 1 is 1.05 bits per heavy atom. The van der Waals surface area contributed by atoms with E-state index >= 15 is 0 Å². The van der Waals surface area contributed by atoms with Crippen LogP contribution in [0.3, 0.4) is 0 Å². The van der Waals surface area contributed by atoms with Gasteiger partial charge >= 0.3 is 0 Å². The molecule has 2 rings (SSSR count). The van der Waals surface area contributed by atoms with E-state index in [1.54, 1.807) is 6.92 Å². The van der Waals surface area contributed by atoms with Crippen LogP contribution in [0.25, 0.3) is 0 Å². The molecule has 1 amide bonds. The highest BCUT2D eigenvalue weighted by Crippen LogP contribution is 2.30. The number of carbonyl (C=O) groups is 1. The van der Waals surface area contributed by atoms with Gasteiger partial charge in [0.25, 0.3) is 0 Å². The van der Waals surface area contributed by atoms with E-state index in [0.717, 1.165) is 25.7 Å². The molecule has 20 heavy (non-hydrogen) atoms. The Hall–Kier alpha value is -0.870. The summed E-state index contributed by atoms with van der Waals surface area (Å²) < 4.78 is 12.2. The molecule has 0 saturated heterocycles. The van der Waals surface area contributed by atoms with E-state index in [0.29, 0.717) is 5.57 Å². The lowest BCUT2D eigenvalue weighted by atomic mass is 10.2. The maximum atomic E-state index is 11.9. The maximum absolute atomic E-state index is 11.9. The fourth-order valence-electron chi connectivity index (χ4n) is 3.05. The molecule has 0 aliphatic heterocycles. The van der Waals surface area contributed by atoms with Crippen LogP contribution >= 0.6 is 0 Å². The van der Waals surface area contributed by atoms with E-state index < -0.39 is 5.91 Å². The third-order valence-electron chi connectivity index (χ3n) is 4.12. The van der Waals surface area contributed by atoms with Gasteiger partial charge in [-0.1, -0.05) is 32.3 Å². The lowest BCUT2D eigenvalue weighted by Crippen LogP contribution is -2.53. The van der Waals surface area contributed by atoms with Gasteiger partial charge in [-0.3, -0.25) is 4.79 Å². The van der Waals surface area contributed by atoms with E-state index in [1.165, 1.54) is 25.7 Å². The predicted molar refractivity (Wildman–Crippen MR) is 78.0 cm³/mol. The van der Waals surface area contributed by atoms with Gasteiger partial charge in [-0.05, 0) is 32.6 Å². The zero-order valence-corrected chi connectivity index (χ0v) is 12.7. The number of ether oxygens (including phenoxy) is 2. The first kappa shape index (κ1) is 15.5. The van der Waals surface area contributed by atoms with E-state index in [4.69, 9.17) is 9.47 Å². The molecule has 4 nitrogen and oxygen atoms in total. The molecule has 4 heteroatoms. The molecular weight excluding hydrogens is 254 g/mol. The molecule has 2 aliphatic carbocycles. The summed E-state index contributed by atoms with van der Waals surface area (Å²) in [6.07, 6.45) is 9.34. The molecular formula is C16H27NO3. The van der Waals surface area contributed by atoms with Gasteiger partial charge < -0.3 is 14.8 Å². The quantitative estimate of drug-likeness (QED) is 0.600. The van der Waals surface area contributed by atoms with Gasteiger partial charge in [0.2, 0.25) is 11.8 Å². The summed E-state index contributed by atoms with van der Waals surface area (Å²) in [4.78, 5) is 11.9. The van der Waals surface area contributed by atoms with Gasteiger partial charge in [-0.2, -0.15) is 0 Å². The van der Waals surface area contributed by atoms with Crippen molar-refractivity contribution in [1.82, 2.24) is 5.32 Å². The molecule has 0 spiro atoms. The highest BCUT2D eigenvalue weighted by Gasteiger charge is 2.36. The van der Waals surface area contributed by atoms with Crippen molar-refractivity contribution in [1.29, 1.82) is 0 Å². The summed E-state index contributed by atoms with van der Waals surface area (Å²) in [6.45, 7) is 7.20. The second-order valence-corrected chi connectivity index (χ2v) is 6.23. The van der Waals surface area contributed by atoms with Gasteiger partial charge in [0.05, 0.1) is 12.2 Å². The second-order valence-electron chi connectivity index (χ2n) is 6.23. The Morgan fingerprint density at radius 3 is 1.80 bits per heavy atom. The molecule has 0 aromatic rings. The van der Waals surface area contributed by atoms with E-state index in [9.17, 15) is 4.79 Å². The van der Waals surface area contributed by atoms with Crippen molar-refractivity contribution in [2.45, 2.75) is 83.3 Å². The smallest absolute Gasteiger partial charge is 0.250 e. The first-order valence-corrected chi connectivity index (χ1v) is 7.82. The van der Waals surface area contributed by atoms with E-state index in [-0.39, 0.29) is 18.1 Å². The Morgan fingerprint density at radius 2 is 1.45 bits per heavy atom. The van der Waals surface area contributed by atoms with Crippen LogP contribution in [-0.2, 0) is 14.3 Å². The topological polar surface area (TPSA) is 47.6 Å². The van der Waals surface area contributed by atoms with Crippen LogP contribution in [0.5, 0.6) is 0 Å². The minimum absolute atomic E-state index is 0.187. The summed E-state index contributed by atoms with van der Waals surface area (Å²) in [6, 6.07) is 0.